The number of nitrogens with one attached hydrogen (secondary N) is 1. The molecule has 5 nitrogen and oxygen atoms in total. The van der Waals surface area contributed by atoms with Crippen molar-refractivity contribution in [3.63, 3.8) is 0 Å². The van der Waals surface area contributed by atoms with E-state index < -0.39 is 0 Å². The summed E-state index contributed by atoms with van der Waals surface area (Å²) in [6, 6.07) is 22.3. The molecule has 1 saturated heterocycles. The summed E-state index contributed by atoms with van der Waals surface area (Å²) in [6.07, 6.45) is 1.67. The molecule has 0 aliphatic carbocycles. The zero-order chi connectivity index (χ0) is 20.8. The first-order valence-corrected chi connectivity index (χ1v) is 10.6. The van der Waals surface area contributed by atoms with Crippen molar-refractivity contribution in [2.45, 2.75) is 19.5 Å². The summed E-state index contributed by atoms with van der Waals surface area (Å²) in [5, 5.41) is 3.40. The van der Waals surface area contributed by atoms with E-state index in [0.717, 1.165) is 44.0 Å². The van der Waals surface area contributed by atoms with Crippen molar-refractivity contribution >= 4 is 5.91 Å². The van der Waals surface area contributed by atoms with Gasteiger partial charge in [0.15, 0.2) is 0 Å². The average Bonchev–Trinajstić information content (AvgIpc) is 3.31. The third-order valence-corrected chi connectivity index (χ3v) is 5.80. The predicted octanol–water partition coefficient (Wildman–Crippen LogP) is 3.61. The van der Waals surface area contributed by atoms with Gasteiger partial charge in [0, 0.05) is 32.7 Å². The number of amides is 1. The molecule has 30 heavy (non-hydrogen) atoms. The Balaban J connectivity index is 1.30. The van der Waals surface area contributed by atoms with Crippen molar-refractivity contribution in [1.82, 2.24) is 15.1 Å². The molecular weight excluding hydrogens is 374 g/mol. The maximum absolute atomic E-state index is 12.8. The van der Waals surface area contributed by atoms with Gasteiger partial charge in [-0.15, -0.1) is 0 Å². The second-order valence-corrected chi connectivity index (χ2v) is 7.82. The minimum absolute atomic E-state index is 0.132. The van der Waals surface area contributed by atoms with E-state index in [1.807, 2.05) is 35.2 Å². The summed E-state index contributed by atoms with van der Waals surface area (Å²) < 4.78 is 5.61. The molecule has 0 radical (unpaired) electrons. The van der Waals surface area contributed by atoms with Crippen LogP contribution in [0.5, 0.6) is 0 Å². The Kier molecular flexibility index (Phi) is 6.62. The molecule has 0 saturated carbocycles. The van der Waals surface area contributed by atoms with Crippen LogP contribution in [-0.4, -0.2) is 48.4 Å². The lowest BCUT2D eigenvalue weighted by Crippen LogP contribution is -2.50. The summed E-state index contributed by atoms with van der Waals surface area (Å²) in [4.78, 5) is 17.2. The van der Waals surface area contributed by atoms with E-state index in [9.17, 15) is 4.79 Å². The van der Waals surface area contributed by atoms with Crippen LogP contribution in [0.15, 0.2) is 77.4 Å². The molecule has 1 aliphatic heterocycles. The van der Waals surface area contributed by atoms with Crippen LogP contribution in [0.3, 0.4) is 0 Å². The zero-order valence-electron chi connectivity index (χ0n) is 17.5. The van der Waals surface area contributed by atoms with Crippen molar-refractivity contribution in [3.05, 3.63) is 95.4 Å². The highest BCUT2D eigenvalue weighted by Gasteiger charge is 2.23. The number of benzene rings is 2. The first-order valence-electron chi connectivity index (χ1n) is 10.6. The van der Waals surface area contributed by atoms with E-state index in [-0.39, 0.29) is 18.5 Å². The van der Waals surface area contributed by atoms with Crippen molar-refractivity contribution in [2.24, 2.45) is 0 Å². The van der Waals surface area contributed by atoms with Crippen LogP contribution in [0, 0.1) is 6.92 Å². The lowest BCUT2D eigenvalue weighted by Gasteiger charge is -2.35. The van der Waals surface area contributed by atoms with Gasteiger partial charge in [-0.2, -0.15) is 0 Å². The van der Waals surface area contributed by atoms with E-state index in [1.165, 1.54) is 11.1 Å². The van der Waals surface area contributed by atoms with E-state index in [0.29, 0.717) is 0 Å². The minimum atomic E-state index is -0.132. The normalized spacial score (nSPS) is 15.8. The average molecular weight is 404 g/mol. The molecule has 3 aromatic rings. The molecule has 1 atom stereocenters. The summed E-state index contributed by atoms with van der Waals surface area (Å²) in [6.45, 7) is 6.73. The summed E-state index contributed by atoms with van der Waals surface area (Å²) >= 11 is 0. The Morgan fingerprint density at radius 3 is 2.40 bits per heavy atom. The number of nitrogens with zero attached hydrogens (tertiary/aromatic N) is 2. The van der Waals surface area contributed by atoms with Gasteiger partial charge in [-0.05, 0) is 35.7 Å². The van der Waals surface area contributed by atoms with Crippen LogP contribution >= 0.6 is 0 Å². The standard InChI is InChI=1S/C25H29N3O2/c1-20-8-5-6-11-22(20)19-27-13-15-28(16-14-27)24(29)18-26-25(23-12-7-17-30-23)21-9-3-2-4-10-21/h2-12,17,25-26H,13-16,18-19H2,1H3/t25-/m1/s1. The van der Waals surface area contributed by atoms with E-state index in [4.69, 9.17) is 4.42 Å². The second-order valence-electron chi connectivity index (χ2n) is 7.82. The fraction of sp³-hybridized carbons (Fsp3) is 0.320. The monoisotopic (exact) mass is 403 g/mol. The number of rotatable bonds is 7. The molecule has 1 aliphatic rings. The fourth-order valence-electron chi connectivity index (χ4n) is 3.97. The number of carbonyl (C=O) groups is 1. The number of piperazine rings is 1. The zero-order valence-corrected chi connectivity index (χ0v) is 17.5. The Labute approximate surface area is 178 Å². The molecule has 0 unspecified atom stereocenters. The molecule has 1 amide bonds. The Morgan fingerprint density at radius 1 is 0.967 bits per heavy atom. The predicted molar refractivity (Wildman–Crippen MR) is 118 cm³/mol. The van der Waals surface area contributed by atoms with Crippen LogP contribution in [-0.2, 0) is 11.3 Å². The van der Waals surface area contributed by atoms with Gasteiger partial charge >= 0.3 is 0 Å². The van der Waals surface area contributed by atoms with Crippen LogP contribution in [0.1, 0.15) is 28.5 Å². The quantitative estimate of drug-likeness (QED) is 0.655. The van der Waals surface area contributed by atoms with Crippen molar-refractivity contribution < 1.29 is 9.21 Å². The maximum atomic E-state index is 12.8. The van der Waals surface area contributed by atoms with Gasteiger partial charge in [0.1, 0.15) is 5.76 Å². The van der Waals surface area contributed by atoms with Crippen molar-refractivity contribution in [3.8, 4) is 0 Å². The van der Waals surface area contributed by atoms with E-state index in [2.05, 4.69) is 53.5 Å². The van der Waals surface area contributed by atoms with Gasteiger partial charge in [-0.3, -0.25) is 15.0 Å². The first-order chi connectivity index (χ1) is 14.7. The third kappa shape index (κ3) is 4.99. The number of aryl methyl sites for hydroxylation is 1. The molecule has 5 heteroatoms. The summed E-state index contributed by atoms with van der Waals surface area (Å²) in [5.41, 5.74) is 3.77. The molecule has 2 heterocycles. The molecule has 0 spiro atoms. The second kappa shape index (κ2) is 9.74. The Bertz CT molecular complexity index is 932. The summed E-state index contributed by atoms with van der Waals surface area (Å²) in [5.74, 6) is 0.954. The topological polar surface area (TPSA) is 48.7 Å². The molecular formula is C25H29N3O2. The highest BCUT2D eigenvalue weighted by molar-refractivity contribution is 5.78. The molecule has 1 N–H and O–H groups in total. The van der Waals surface area contributed by atoms with Crippen LogP contribution in [0.4, 0.5) is 0 Å². The lowest BCUT2D eigenvalue weighted by molar-refractivity contribution is -0.132. The molecule has 156 valence electrons. The van der Waals surface area contributed by atoms with Gasteiger partial charge in [-0.25, -0.2) is 0 Å². The Morgan fingerprint density at radius 2 is 1.70 bits per heavy atom. The smallest absolute Gasteiger partial charge is 0.236 e. The van der Waals surface area contributed by atoms with Gasteiger partial charge in [-0.1, -0.05) is 54.6 Å². The molecule has 1 aromatic heterocycles. The Hall–Kier alpha value is -2.89. The van der Waals surface area contributed by atoms with Gasteiger partial charge in [0.25, 0.3) is 0 Å². The maximum Gasteiger partial charge on any atom is 0.236 e. The highest BCUT2D eigenvalue weighted by atomic mass is 16.3. The SMILES string of the molecule is Cc1ccccc1CN1CCN(C(=O)CN[C@H](c2ccccc2)c2ccco2)CC1. The van der Waals surface area contributed by atoms with Gasteiger partial charge in [0.05, 0.1) is 18.8 Å². The van der Waals surface area contributed by atoms with Crippen molar-refractivity contribution in [1.29, 1.82) is 0 Å². The van der Waals surface area contributed by atoms with Gasteiger partial charge < -0.3 is 9.32 Å². The number of carbonyl (C=O) groups excluding carboxylic acids is 1. The molecule has 2 aromatic carbocycles. The van der Waals surface area contributed by atoms with Crippen LogP contribution in [0.25, 0.3) is 0 Å². The van der Waals surface area contributed by atoms with E-state index >= 15 is 0 Å². The third-order valence-electron chi connectivity index (χ3n) is 5.80. The van der Waals surface area contributed by atoms with Crippen LogP contribution in [0.2, 0.25) is 0 Å². The number of furan rings is 1. The van der Waals surface area contributed by atoms with E-state index in [1.54, 1.807) is 6.26 Å². The summed E-state index contributed by atoms with van der Waals surface area (Å²) in [7, 11) is 0. The van der Waals surface area contributed by atoms with Crippen LogP contribution < -0.4 is 5.32 Å². The van der Waals surface area contributed by atoms with Crippen molar-refractivity contribution in [2.75, 3.05) is 32.7 Å². The first kappa shape index (κ1) is 20.4. The largest absolute Gasteiger partial charge is 0.467 e. The fourth-order valence-corrected chi connectivity index (χ4v) is 3.97. The minimum Gasteiger partial charge on any atom is -0.467 e. The number of hydrogen-bond acceptors (Lipinski definition) is 4. The lowest BCUT2D eigenvalue weighted by atomic mass is 10.0. The number of hydrogen-bond donors (Lipinski definition) is 1. The molecule has 1 fully saturated rings. The van der Waals surface area contributed by atoms with Gasteiger partial charge in [0.2, 0.25) is 5.91 Å². The molecule has 4 rings (SSSR count). The molecule has 0 bridgehead atoms. The highest BCUT2D eigenvalue weighted by Crippen LogP contribution is 2.22.